The first-order valence-corrected chi connectivity index (χ1v) is 7.22. The molecule has 0 fully saturated rings. The monoisotopic (exact) mass is 275 g/mol. The fraction of sp³-hybridized carbons (Fsp3) is 0.333. The molecule has 3 rings (SSSR count). The van der Waals surface area contributed by atoms with Crippen molar-refractivity contribution in [3.8, 4) is 12.1 Å². The summed E-state index contributed by atoms with van der Waals surface area (Å²) in [6, 6.07) is 12.4. The lowest BCUT2D eigenvalue weighted by Crippen LogP contribution is -2.31. The standard InChI is InChI=1S/C18H17N3/c1-18(2)15-7-3-4-8-16(15)21-9-5-6-14(17(18)21)10-13(11-19)12-20/h3-4,7-8,10H,5-6,9H2,1-2H3. The predicted molar refractivity (Wildman–Crippen MR) is 82.4 cm³/mol. The Kier molecular flexibility index (Phi) is 3.07. The second-order valence-electron chi connectivity index (χ2n) is 6.05. The first kappa shape index (κ1) is 13.5. The summed E-state index contributed by atoms with van der Waals surface area (Å²) in [5, 5.41) is 18.0. The minimum Gasteiger partial charge on any atom is -0.344 e. The Morgan fingerprint density at radius 3 is 2.67 bits per heavy atom. The molecule has 3 heteroatoms. The van der Waals surface area contributed by atoms with Gasteiger partial charge in [-0.05, 0) is 36.1 Å². The maximum atomic E-state index is 9.02. The maximum Gasteiger partial charge on any atom is 0.130 e. The Morgan fingerprint density at radius 1 is 1.24 bits per heavy atom. The molecule has 0 spiro atoms. The van der Waals surface area contributed by atoms with Gasteiger partial charge in [0.05, 0.1) is 0 Å². The van der Waals surface area contributed by atoms with Crippen molar-refractivity contribution in [1.82, 2.24) is 0 Å². The van der Waals surface area contributed by atoms with Gasteiger partial charge in [0, 0.05) is 23.3 Å². The predicted octanol–water partition coefficient (Wildman–Crippen LogP) is 3.81. The van der Waals surface area contributed by atoms with Gasteiger partial charge in [0.2, 0.25) is 0 Å². The van der Waals surface area contributed by atoms with Gasteiger partial charge in [-0.2, -0.15) is 10.5 Å². The molecule has 0 bridgehead atoms. The smallest absolute Gasteiger partial charge is 0.130 e. The molecule has 0 atom stereocenters. The van der Waals surface area contributed by atoms with E-state index in [1.807, 2.05) is 12.1 Å². The molecule has 0 radical (unpaired) electrons. The van der Waals surface area contributed by atoms with Gasteiger partial charge in [0.15, 0.2) is 0 Å². The van der Waals surface area contributed by atoms with E-state index < -0.39 is 0 Å². The number of rotatable bonds is 1. The van der Waals surface area contributed by atoms with Crippen molar-refractivity contribution in [3.63, 3.8) is 0 Å². The van der Waals surface area contributed by atoms with Gasteiger partial charge in [0.25, 0.3) is 0 Å². The fourth-order valence-corrected chi connectivity index (χ4v) is 3.58. The number of allylic oxidation sites excluding steroid dienone is 4. The average molecular weight is 275 g/mol. The summed E-state index contributed by atoms with van der Waals surface area (Å²) in [6.07, 6.45) is 3.75. The Balaban J connectivity index is 2.23. The molecule has 2 heterocycles. The summed E-state index contributed by atoms with van der Waals surface area (Å²) >= 11 is 0. The number of nitriles is 2. The summed E-state index contributed by atoms with van der Waals surface area (Å²) in [7, 11) is 0. The molecule has 0 saturated heterocycles. The lowest BCUT2D eigenvalue weighted by Gasteiger charge is -2.33. The van der Waals surface area contributed by atoms with Crippen LogP contribution in [0.25, 0.3) is 0 Å². The molecular weight excluding hydrogens is 258 g/mol. The van der Waals surface area contributed by atoms with Crippen molar-refractivity contribution in [2.45, 2.75) is 32.1 Å². The summed E-state index contributed by atoms with van der Waals surface area (Å²) in [6.45, 7) is 5.44. The van der Waals surface area contributed by atoms with Crippen molar-refractivity contribution >= 4 is 5.69 Å². The molecule has 0 amide bonds. The number of nitrogens with zero attached hydrogens (tertiary/aromatic N) is 3. The average Bonchev–Trinajstić information content (AvgIpc) is 2.74. The fourth-order valence-electron chi connectivity index (χ4n) is 3.58. The van der Waals surface area contributed by atoms with E-state index in [1.54, 1.807) is 6.08 Å². The minimum absolute atomic E-state index is 0.0845. The van der Waals surface area contributed by atoms with Crippen molar-refractivity contribution < 1.29 is 0 Å². The van der Waals surface area contributed by atoms with Crippen LogP contribution < -0.4 is 4.90 Å². The topological polar surface area (TPSA) is 50.8 Å². The zero-order valence-corrected chi connectivity index (χ0v) is 12.3. The quantitative estimate of drug-likeness (QED) is 0.732. The Morgan fingerprint density at radius 2 is 1.95 bits per heavy atom. The molecular formula is C18H17N3. The second kappa shape index (κ2) is 4.79. The highest BCUT2D eigenvalue weighted by atomic mass is 15.2. The van der Waals surface area contributed by atoms with Gasteiger partial charge in [-0.25, -0.2) is 0 Å². The van der Waals surface area contributed by atoms with Crippen LogP contribution in [0.2, 0.25) is 0 Å². The van der Waals surface area contributed by atoms with Crippen LogP contribution in [0.15, 0.2) is 47.2 Å². The highest BCUT2D eigenvalue weighted by Gasteiger charge is 2.42. The van der Waals surface area contributed by atoms with Crippen LogP contribution >= 0.6 is 0 Å². The molecule has 0 unspecified atom stereocenters. The number of benzene rings is 1. The second-order valence-corrected chi connectivity index (χ2v) is 6.05. The Bertz CT molecular complexity index is 722. The summed E-state index contributed by atoms with van der Waals surface area (Å²) in [5.74, 6) is 0. The van der Waals surface area contributed by atoms with Gasteiger partial charge < -0.3 is 4.90 Å². The van der Waals surface area contributed by atoms with E-state index >= 15 is 0 Å². The largest absolute Gasteiger partial charge is 0.344 e. The number of fused-ring (bicyclic) bond motifs is 3. The molecule has 0 aromatic heterocycles. The minimum atomic E-state index is -0.0845. The van der Waals surface area contributed by atoms with Gasteiger partial charge in [-0.15, -0.1) is 0 Å². The third-order valence-corrected chi connectivity index (χ3v) is 4.42. The van der Waals surface area contributed by atoms with E-state index in [2.05, 4.69) is 43.0 Å². The SMILES string of the molecule is CC1(C)C2=C(C=C(C#N)C#N)CCCN2c2ccccc21. The van der Waals surface area contributed by atoms with Crippen LogP contribution in [0.1, 0.15) is 32.3 Å². The third-order valence-electron chi connectivity index (χ3n) is 4.42. The van der Waals surface area contributed by atoms with Gasteiger partial charge >= 0.3 is 0 Å². The van der Waals surface area contributed by atoms with Crippen LogP contribution in [0, 0.1) is 22.7 Å². The summed E-state index contributed by atoms with van der Waals surface area (Å²) < 4.78 is 0. The molecule has 0 aliphatic carbocycles. The van der Waals surface area contributed by atoms with E-state index in [0.29, 0.717) is 0 Å². The molecule has 1 aromatic rings. The molecule has 1 aromatic carbocycles. The van der Waals surface area contributed by atoms with Gasteiger partial charge in [-0.3, -0.25) is 0 Å². The number of hydrogen-bond acceptors (Lipinski definition) is 3. The third kappa shape index (κ3) is 1.94. The van der Waals surface area contributed by atoms with E-state index in [-0.39, 0.29) is 11.0 Å². The molecule has 21 heavy (non-hydrogen) atoms. The van der Waals surface area contributed by atoms with Crippen LogP contribution in [0.3, 0.4) is 0 Å². The zero-order chi connectivity index (χ0) is 15.0. The maximum absolute atomic E-state index is 9.02. The Labute approximate surface area is 125 Å². The normalized spacial score (nSPS) is 18.4. The lowest BCUT2D eigenvalue weighted by molar-refractivity contribution is 0.594. The van der Waals surface area contributed by atoms with Crippen LogP contribution in [-0.4, -0.2) is 6.54 Å². The molecule has 0 N–H and O–H groups in total. The van der Waals surface area contributed by atoms with Gasteiger partial charge in [0.1, 0.15) is 17.7 Å². The molecule has 2 aliphatic rings. The van der Waals surface area contributed by atoms with Crippen molar-refractivity contribution in [3.05, 3.63) is 52.7 Å². The van der Waals surface area contributed by atoms with E-state index in [9.17, 15) is 0 Å². The highest BCUT2D eigenvalue weighted by Crippen LogP contribution is 2.50. The molecule has 104 valence electrons. The molecule has 2 aliphatic heterocycles. The van der Waals surface area contributed by atoms with Crippen LogP contribution in [-0.2, 0) is 5.41 Å². The molecule has 3 nitrogen and oxygen atoms in total. The molecule has 0 saturated carbocycles. The first-order chi connectivity index (χ1) is 10.1. The van der Waals surface area contributed by atoms with Crippen molar-refractivity contribution in [2.75, 3.05) is 11.4 Å². The first-order valence-electron chi connectivity index (χ1n) is 7.22. The van der Waals surface area contributed by atoms with E-state index in [0.717, 1.165) is 25.0 Å². The van der Waals surface area contributed by atoms with Gasteiger partial charge in [-0.1, -0.05) is 32.0 Å². The summed E-state index contributed by atoms with van der Waals surface area (Å²) in [5.41, 5.74) is 5.06. The van der Waals surface area contributed by atoms with E-state index in [4.69, 9.17) is 10.5 Å². The van der Waals surface area contributed by atoms with Crippen LogP contribution in [0.4, 0.5) is 5.69 Å². The highest BCUT2D eigenvalue weighted by molar-refractivity contribution is 5.72. The van der Waals surface area contributed by atoms with Crippen LogP contribution in [0.5, 0.6) is 0 Å². The van der Waals surface area contributed by atoms with Crippen molar-refractivity contribution in [1.29, 1.82) is 10.5 Å². The number of anilines is 1. The Hall–Kier alpha value is -2.52. The van der Waals surface area contributed by atoms with Crippen molar-refractivity contribution in [2.24, 2.45) is 0 Å². The van der Waals surface area contributed by atoms with E-state index in [1.165, 1.54) is 16.9 Å². The lowest BCUT2D eigenvalue weighted by atomic mass is 9.80. The summed E-state index contributed by atoms with van der Waals surface area (Å²) in [4.78, 5) is 2.36. The number of para-hydroxylation sites is 1. The number of hydrogen-bond donors (Lipinski definition) is 0. The zero-order valence-electron chi connectivity index (χ0n) is 12.3.